The van der Waals surface area contributed by atoms with E-state index in [1.807, 2.05) is 31.4 Å². The number of amides is 4. The van der Waals surface area contributed by atoms with Gasteiger partial charge in [0.25, 0.3) is 11.8 Å². The van der Waals surface area contributed by atoms with Crippen molar-refractivity contribution >= 4 is 62.2 Å². The van der Waals surface area contributed by atoms with Crippen LogP contribution in [0.1, 0.15) is 85.5 Å². The first kappa shape index (κ1) is 42.1. The molecule has 2 aliphatic heterocycles. The molecule has 0 radical (unpaired) electrons. The van der Waals surface area contributed by atoms with Crippen molar-refractivity contribution < 1.29 is 55.5 Å². The maximum atomic E-state index is 13.5. The predicted octanol–water partition coefficient (Wildman–Crippen LogP) is 3.89. The molecule has 2 aliphatic rings. The highest BCUT2D eigenvalue weighted by Gasteiger charge is 2.58. The Morgan fingerprint density at radius 3 is 2.43 bits per heavy atom. The van der Waals surface area contributed by atoms with Crippen LogP contribution in [0.3, 0.4) is 0 Å². The first-order valence-corrected chi connectivity index (χ1v) is 19.8. The number of rotatable bonds is 12. The fourth-order valence-electron chi connectivity index (χ4n) is 5.75. The lowest BCUT2D eigenvalue weighted by Crippen LogP contribution is -2.76. The molecule has 2 saturated heterocycles. The molecular weight excluding hydrogens is 777 g/mol. The largest absolute Gasteiger partial charge is 0.488 e. The molecular formula is C34H46N8O12S2. The van der Waals surface area contributed by atoms with E-state index >= 15 is 0 Å². The van der Waals surface area contributed by atoms with Crippen LogP contribution in [0, 0.1) is 0 Å². The summed E-state index contributed by atoms with van der Waals surface area (Å²) in [7, 11) is -5.02. The van der Waals surface area contributed by atoms with Gasteiger partial charge in [0.05, 0.1) is 17.4 Å². The van der Waals surface area contributed by atoms with Crippen molar-refractivity contribution in [1.82, 2.24) is 29.6 Å². The van der Waals surface area contributed by atoms with E-state index in [0.717, 1.165) is 29.9 Å². The summed E-state index contributed by atoms with van der Waals surface area (Å²) in [5, 5.41) is 10.8. The predicted molar refractivity (Wildman–Crippen MR) is 200 cm³/mol. The molecule has 22 heteroatoms. The number of nitrogens with zero attached hydrogens (tertiary/aromatic N) is 6. The number of hydrogen-bond donors (Lipinski definition) is 3. The number of imidazole rings is 1. The van der Waals surface area contributed by atoms with E-state index in [1.54, 1.807) is 44.0 Å². The normalized spacial score (nSPS) is 18.9. The molecule has 3 aromatic heterocycles. The van der Waals surface area contributed by atoms with Crippen LogP contribution in [0.15, 0.2) is 35.1 Å². The van der Waals surface area contributed by atoms with Gasteiger partial charge in [-0.3, -0.25) is 19.5 Å². The third-order valence-corrected chi connectivity index (χ3v) is 9.32. The number of nitrogens with one attached hydrogen (secondary N) is 2. The number of anilines is 1. The Balaban J connectivity index is 1.23. The number of hydroxylamine groups is 2. The molecule has 3 aromatic rings. The number of fused-ring (bicyclic) bond motifs is 1. The number of carbonyl (C=O) groups excluding carboxylic acids is 4. The third kappa shape index (κ3) is 10.8. The molecule has 3 N–H and O–H groups in total. The van der Waals surface area contributed by atoms with Gasteiger partial charge in [-0.05, 0) is 80.4 Å². The van der Waals surface area contributed by atoms with Gasteiger partial charge in [0.1, 0.15) is 40.9 Å². The number of pyridine rings is 1. The third-order valence-electron chi connectivity index (χ3n) is 8.22. The van der Waals surface area contributed by atoms with Crippen LogP contribution in [0.2, 0.25) is 0 Å². The Morgan fingerprint density at radius 1 is 1.05 bits per heavy atom. The molecule has 0 spiro atoms. The van der Waals surface area contributed by atoms with E-state index in [4.69, 9.17) is 28.6 Å². The van der Waals surface area contributed by atoms with Crippen molar-refractivity contribution in [1.29, 1.82) is 0 Å². The van der Waals surface area contributed by atoms with Gasteiger partial charge >= 0.3 is 22.6 Å². The summed E-state index contributed by atoms with van der Waals surface area (Å²) < 4.78 is 54.4. The molecule has 2 fully saturated rings. The second kappa shape index (κ2) is 16.2. The quantitative estimate of drug-likeness (QED) is 0.0772. The zero-order valence-electron chi connectivity index (χ0n) is 32.2. The van der Waals surface area contributed by atoms with E-state index in [1.165, 1.54) is 19.2 Å². The zero-order valence-corrected chi connectivity index (χ0v) is 33.9. The van der Waals surface area contributed by atoms with Gasteiger partial charge in [0.2, 0.25) is 0 Å². The SMILES string of the molecule is CC(C)(C)OC(=O)Nc1nc(C(=NOCCOc2ccc3nc(C4CCCN(C(=O)OC(C)(C)C)C4)cn3c2)C(=O)NC2C(=O)N(OS(=O)(=O)O)C2(C)C)cs1. The van der Waals surface area contributed by atoms with Crippen molar-refractivity contribution in [2.24, 2.45) is 5.16 Å². The molecule has 2 atom stereocenters. The van der Waals surface area contributed by atoms with Gasteiger partial charge in [-0.2, -0.15) is 13.5 Å². The van der Waals surface area contributed by atoms with Crippen molar-refractivity contribution in [3.8, 4) is 5.75 Å². The van der Waals surface area contributed by atoms with Gasteiger partial charge < -0.3 is 33.7 Å². The Bertz CT molecular complexity index is 2100. The minimum atomic E-state index is -5.02. The standard InChI is InChI=1S/C34H46N8O12S2/c1-32(2,3)52-30(45)38-29-36-23(19-55-29)25(27(43)37-26-28(44)42(34(26,7)8)54-56(47,48)49)39-51-15-14-50-21-11-12-24-35-22(18-41(24)17-21)20-10-9-13-40(16-20)31(46)53-33(4,5)6/h11-12,17-20,26H,9-10,13-16H2,1-8H3,(H,37,43)(H,36,38,45)(H,47,48,49). The van der Waals surface area contributed by atoms with Crippen molar-refractivity contribution in [3.63, 3.8) is 0 Å². The second-order valence-corrected chi connectivity index (χ2v) is 17.4. The van der Waals surface area contributed by atoms with Crippen LogP contribution in [0.4, 0.5) is 14.7 Å². The van der Waals surface area contributed by atoms with Crippen LogP contribution in [0.5, 0.6) is 5.75 Å². The van der Waals surface area contributed by atoms with Gasteiger partial charge in [-0.15, -0.1) is 15.6 Å². The lowest BCUT2D eigenvalue weighted by molar-refractivity contribution is -0.218. The van der Waals surface area contributed by atoms with Crippen molar-refractivity contribution in [2.45, 2.75) is 96.9 Å². The second-order valence-electron chi connectivity index (χ2n) is 15.5. The van der Waals surface area contributed by atoms with Gasteiger partial charge in [-0.1, -0.05) is 5.16 Å². The molecule has 0 saturated carbocycles. The Kier molecular flexibility index (Phi) is 12.2. The summed E-state index contributed by atoms with van der Waals surface area (Å²) in [4.78, 5) is 67.3. The Hall–Kier alpha value is -5.06. The van der Waals surface area contributed by atoms with E-state index in [9.17, 15) is 27.6 Å². The molecule has 2 unspecified atom stereocenters. The van der Waals surface area contributed by atoms with Gasteiger partial charge in [0, 0.05) is 30.6 Å². The number of likely N-dealkylation sites (tertiary alicyclic amines) is 1. The number of carbonyl (C=O) groups is 4. The first-order valence-electron chi connectivity index (χ1n) is 17.6. The molecule has 0 bridgehead atoms. The van der Waals surface area contributed by atoms with E-state index in [2.05, 4.69) is 25.1 Å². The molecule has 20 nitrogen and oxygen atoms in total. The van der Waals surface area contributed by atoms with E-state index in [0.29, 0.717) is 29.5 Å². The monoisotopic (exact) mass is 822 g/mol. The fraction of sp³-hybridized carbons (Fsp3) is 0.559. The number of ether oxygens (including phenoxy) is 3. The lowest BCUT2D eigenvalue weighted by atomic mass is 9.84. The average molecular weight is 823 g/mol. The molecule has 5 heterocycles. The first-order chi connectivity index (χ1) is 26.0. The zero-order chi connectivity index (χ0) is 41.2. The molecule has 5 rings (SSSR count). The molecule has 0 aromatic carbocycles. The van der Waals surface area contributed by atoms with E-state index in [-0.39, 0.29) is 41.8 Å². The average Bonchev–Trinajstić information content (AvgIpc) is 3.72. The number of aromatic nitrogens is 3. The number of thiazole rings is 1. The maximum Gasteiger partial charge on any atom is 0.418 e. The number of hydrogen-bond acceptors (Lipinski definition) is 15. The summed E-state index contributed by atoms with van der Waals surface area (Å²) in [5.74, 6) is -1.35. The minimum Gasteiger partial charge on any atom is -0.488 e. The Morgan fingerprint density at radius 2 is 1.77 bits per heavy atom. The molecule has 306 valence electrons. The molecule has 56 heavy (non-hydrogen) atoms. The van der Waals surface area contributed by atoms with Crippen LogP contribution in [-0.4, -0.2) is 116 Å². The minimum absolute atomic E-state index is 0.00246. The van der Waals surface area contributed by atoms with E-state index < -0.39 is 51.1 Å². The van der Waals surface area contributed by atoms with Crippen molar-refractivity contribution in [3.05, 3.63) is 41.3 Å². The summed E-state index contributed by atoms with van der Waals surface area (Å²) in [6, 6.07) is 2.25. The number of piperidine rings is 1. The van der Waals surface area contributed by atoms with Gasteiger partial charge in [-0.25, -0.2) is 19.6 Å². The number of oxime groups is 1. The Labute approximate surface area is 327 Å². The van der Waals surface area contributed by atoms with Crippen LogP contribution in [0.25, 0.3) is 5.65 Å². The highest BCUT2D eigenvalue weighted by atomic mass is 32.3. The lowest BCUT2D eigenvalue weighted by Gasteiger charge is -2.50. The highest BCUT2D eigenvalue weighted by Crippen LogP contribution is 2.33. The summed E-state index contributed by atoms with van der Waals surface area (Å²) >= 11 is 0.967. The summed E-state index contributed by atoms with van der Waals surface area (Å²) in [6.45, 7) is 14.4. The topological polar surface area (TPSA) is 242 Å². The van der Waals surface area contributed by atoms with Crippen LogP contribution >= 0.6 is 11.3 Å². The molecule has 0 aliphatic carbocycles. The fourth-order valence-corrected chi connectivity index (χ4v) is 6.88. The van der Waals surface area contributed by atoms with Crippen molar-refractivity contribution in [2.75, 3.05) is 31.6 Å². The van der Waals surface area contributed by atoms with Crippen LogP contribution < -0.4 is 15.4 Å². The maximum absolute atomic E-state index is 13.5. The smallest absolute Gasteiger partial charge is 0.418 e. The molecule has 4 amide bonds. The summed E-state index contributed by atoms with van der Waals surface area (Å²) in [5.41, 5.74) is -1.63. The van der Waals surface area contributed by atoms with Gasteiger partial charge in [0.15, 0.2) is 17.5 Å². The van der Waals surface area contributed by atoms with Crippen LogP contribution in [-0.2, 0) is 38.6 Å². The summed E-state index contributed by atoms with van der Waals surface area (Å²) in [6.07, 6.45) is 4.24. The number of β-lactam (4-membered cyclic amide) rings is 1. The highest BCUT2D eigenvalue weighted by molar-refractivity contribution is 7.80.